The van der Waals surface area contributed by atoms with Gasteiger partial charge in [-0.1, -0.05) is 0 Å². The molecule has 0 bridgehead atoms. The second kappa shape index (κ2) is 6.28. The van der Waals surface area contributed by atoms with Gasteiger partial charge in [-0.25, -0.2) is 0 Å². The van der Waals surface area contributed by atoms with Crippen LogP contribution in [-0.4, -0.2) is 36.8 Å². The van der Waals surface area contributed by atoms with E-state index in [4.69, 9.17) is 0 Å². The molecule has 0 fully saturated rings. The van der Waals surface area contributed by atoms with Crippen molar-refractivity contribution in [1.82, 2.24) is 0 Å². The molecular formula is C9H14F5O4P. The summed E-state index contributed by atoms with van der Waals surface area (Å²) < 4.78 is 83.1. The lowest BCUT2D eigenvalue weighted by molar-refractivity contribution is -0.268. The number of alkyl halides is 5. The molecule has 0 aromatic carbocycles. The molecule has 0 aromatic rings. The highest BCUT2D eigenvalue weighted by molar-refractivity contribution is 7.55. The van der Waals surface area contributed by atoms with Gasteiger partial charge >= 0.3 is 19.7 Å². The number of hydrogen-bond donors (Lipinski definition) is 0. The Kier molecular flexibility index (Phi) is 6.10. The fraction of sp³-hybridized carbons (Fsp3) is 0.889. The molecule has 0 aromatic heterocycles. The van der Waals surface area contributed by atoms with Crippen molar-refractivity contribution < 1.29 is 40.4 Å². The van der Waals surface area contributed by atoms with Crippen molar-refractivity contribution in [3.05, 3.63) is 0 Å². The zero-order chi connectivity index (χ0) is 15.5. The summed E-state index contributed by atoms with van der Waals surface area (Å²) in [5.74, 6) is -8.14. The summed E-state index contributed by atoms with van der Waals surface area (Å²) in [6.45, 7) is 2.82. The number of halogens is 5. The van der Waals surface area contributed by atoms with Crippen LogP contribution < -0.4 is 0 Å². The molecule has 4 nitrogen and oxygen atoms in total. The highest BCUT2D eigenvalue weighted by Crippen LogP contribution is 2.55. The Bertz CT molecular complexity index is 358. The van der Waals surface area contributed by atoms with Crippen molar-refractivity contribution in [3.8, 4) is 0 Å². The first-order valence-corrected chi connectivity index (χ1v) is 6.92. The van der Waals surface area contributed by atoms with Crippen molar-refractivity contribution in [3.63, 3.8) is 0 Å². The van der Waals surface area contributed by atoms with Gasteiger partial charge in [0.2, 0.25) is 5.78 Å². The SMILES string of the molecule is CCOP(=O)(OCC)C(C)C(=O)C(F)(F)C(F)(F)F. The summed E-state index contributed by atoms with van der Waals surface area (Å²) in [5, 5.41) is 0. The minimum atomic E-state index is -6.05. The quantitative estimate of drug-likeness (QED) is 0.534. The van der Waals surface area contributed by atoms with Crippen molar-refractivity contribution in [2.75, 3.05) is 13.2 Å². The number of hydrogen-bond acceptors (Lipinski definition) is 4. The average Bonchev–Trinajstić information content (AvgIpc) is 2.26. The van der Waals surface area contributed by atoms with E-state index in [0.717, 1.165) is 0 Å². The summed E-state index contributed by atoms with van der Waals surface area (Å²) in [6, 6.07) is 0. The van der Waals surface area contributed by atoms with E-state index in [0.29, 0.717) is 6.92 Å². The second-order valence-electron chi connectivity index (χ2n) is 3.49. The van der Waals surface area contributed by atoms with Crippen molar-refractivity contribution >= 4 is 13.4 Å². The molecule has 114 valence electrons. The minimum Gasteiger partial charge on any atom is -0.308 e. The molecule has 0 aliphatic carbocycles. The van der Waals surface area contributed by atoms with Crippen molar-refractivity contribution in [2.45, 2.75) is 38.5 Å². The molecule has 0 saturated carbocycles. The van der Waals surface area contributed by atoms with Gasteiger partial charge in [0.05, 0.1) is 13.2 Å². The van der Waals surface area contributed by atoms with Crippen LogP contribution >= 0.6 is 7.60 Å². The maximum absolute atomic E-state index is 12.9. The lowest BCUT2D eigenvalue weighted by atomic mass is 10.1. The van der Waals surface area contributed by atoms with Crippen LogP contribution in [0.1, 0.15) is 20.8 Å². The highest BCUT2D eigenvalue weighted by atomic mass is 31.2. The van der Waals surface area contributed by atoms with E-state index in [-0.39, 0.29) is 13.2 Å². The molecule has 0 heterocycles. The van der Waals surface area contributed by atoms with Crippen LogP contribution in [0.15, 0.2) is 0 Å². The molecule has 0 rings (SSSR count). The summed E-state index contributed by atoms with van der Waals surface area (Å²) in [7, 11) is -4.36. The van der Waals surface area contributed by atoms with Gasteiger partial charge in [0.1, 0.15) is 5.66 Å². The number of carbonyl (C=O) groups is 1. The van der Waals surface area contributed by atoms with Crippen LogP contribution in [-0.2, 0) is 18.4 Å². The molecule has 0 aliphatic rings. The molecule has 0 radical (unpaired) electrons. The Morgan fingerprint density at radius 1 is 1.11 bits per heavy atom. The van der Waals surface area contributed by atoms with E-state index in [2.05, 4.69) is 9.05 Å². The zero-order valence-corrected chi connectivity index (χ0v) is 11.4. The zero-order valence-electron chi connectivity index (χ0n) is 10.5. The maximum Gasteiger partial charge on any atom is 0.461 e. The Morgan fingerprint density at radius 2 is 1.47 bits per heavy atom. The fourth-order valence-corrected chi connectivity index (χ4v) is 2.86. The first kappa shape index (κ1) is 18.5. The fourth-order valence-electron chi connectivity index (χ4n) is 1.17. The Balaban J connectivity index is 5.34. The lowest BCUT2D eigenvalue weighted by Gasteiger charge is -2.26. The number of rotatable bonds is 7. The van der Waals surface area contributed by atoms with Gasteiger partial charge in [0.25, 0.3) is 0 Å². The number of Topliss-reactive ketones (excluding diaryl/α,β-unsaturated/α-hetero) is 1. The van der Waals surface area contributed by atoms with E-state index in [1.54, 1.807) is 0 Å². The smallest absolute Gasteiger partial charge is 0.308 e. The van der Waals surface area contributed by atoms with Crippen LogP contribution in [0.2, 0.25) is 0 Å². The molecule has 19 heavy (non-hydrogen) atoms. The Hall–Kier alpha value is -0.530. The first-order chi connectivity index (χ1) is 8.44. The van der Waals surface area contributed by atoms with Crippen LogP contribution in [0.5, 0.6) is 0 Å². The van der Waals surface area contributed by atoms with Crippen LogP contribution in [0.25, 0.3) is 0 Å². The van der Waals surface area contributed by atoms with Crippen LogP contribution in [0, 0.1) is 0 Å². The third kappa shape index (κ3) is 3.97. The monoisotopic (exact) mass is 312 g/mol. The van der Waals surface area contributed by atoms with Gasteiger partial charge in [0.15, 0.2) is 0 Å². The molecule has 10 heteroatoms. The van der Waals surface area contributed by atoms with Gasteiger partial charge in [-0.15, -0.1) is 0 Å². The average molecular weight is 312 g/mol. The number of ketones is 1. The van der Waals surface area contributed by atoms with Gasteiger partial charge in [-0.2, -0.15) is 22.0 Å². The lowest BCUT2D eigenvalue weighted by Crippen LogP contribution is -2.48. The largest absolute Gasteiger partial charge is 0.461 e. The summed E-state index contributed by atoms with van der Waals surface area (Å²) in [6.07, 6.45) is -6.05. The first-order valence-electron chi connectivity index (χ1n) is 5.31. The summed E-state index contributed by atoms with van der Waals surface area (Å²) >= 11 is 0. The van der Waals surface area contributed by atoms with Crippen LogP contribution in [0.3, 0.4) is 0 Å². The van der Waals surface area contributed by atoms with Gasteiger partial charge in [-0.3, -0.25) is 9.36 Å². The molecule has 0 amide bonds. The second-order valence-corrected chi connectivity index (χ2v) is 5.86. The third-order valence-electron chi connectivity index (χ3n) is 2.14. The third-order valence-corrected chi connectivity index (χ3v) is 4.56. The van der Waals surface area contributed by atoms with E-state index >= 15 is 0 Å². The normalized spacial score (nSPS) is 15.4. The summed E-state index contributed by atoms with van der Waals surface area (Å²) in [5.41, 5.74) is -2.22. The van der Waals surface area contributed by atoms with Crippen LogP contribution in [0.4, 0.5) is 22.0 Å². The van der Waals surface area contributed by atoms with E-state index in [9.17, 15) is 31.3 Å². The molecule has 0 N–H and O–H groups in total. The Morgan fingerprint density at radius 3 is 1.74 bits per heavy atom. The molecule has 0 aliphatic heterocycles. The number of carbonyl (C=O) groups excluding carboxylic acids is 1. The van der Waals surface area contributed by atoms with E-state index in [1.807, 2.05) is 0 Å². The van der Waals surface area contributed by atoms with Crippen molar-refractivity contribution in [1.29, 1.82) is 0 Å². The predicted octanol–water partition coefficient (Wildman–Crippen LogP) is 3.41. The molecule has 1 unspecified atom stereocenters. The van der Waals surface area contributed by atoms with Gasteiger partial charge < -0.3 is 9.05 Å². The standard InChI is InChI=1S/C9H14F5O4P/c1-4-17-19(16,18-5-2)6(3)7(15)8(10,11)9(12,13)14/h6H,4-5H2,1-3H3. The van der Waals surface area contributed by atoms with Crippen molar-refractivity contribution in [2.24, 2.45) is 0 Å². The molecular weight excluding hydrogens is 298 g/mol. The highest BCUT2D eigenvalue weighted by Gasteiger charge is 2.65. The maximum atomic E-state index is 12.9. The predicted molar refractivity (Wildman–Crippen MR) is 56.3 cm³/mol. The van der Waals surface area contributed by atoms with E-state index < -0.39 is 31.1 Å². The van der Waals surface area contributed by atoms with E-state index in [1.165, 1.54) is 13.8 Å². The molecule has 0 saturated heterocycles. The van der Waals surface area contributed by atoms with Gasteiger partial charge in [0, 0.05) is 0 Å². The topological polar surface area (TPSA) is 52.6 Å². The Labute approximate surface area is 106 Å². The summed E-state index contributed by atoms with van der Waals surface area (Å²) in [4.78, 5) is 11.2. The van der Waals surface area contributed by atoms with Gasteiger partial charge in [-0.05, 0) is 20.8 Å². The molecule has 0 spiro atoms. The molecule has 1 atom stereocenters. The minimum absolute atomic E-state index is 0.257.